The molecule has 7 heteroatoms. The normalized spacial score (nSPS) is 17.6. The van der Waals surface area contributed by atoms with E-state index in [0.717, 1.165) is 0 Å². The van der Waals surface area contributed by atoms with Crippen molar-refractivity contribution in [2.24, 2.45) is 4.76 Å². The minimum Gasteiger partial charge on any atom is -0.400 e. The van der Waals surface area contributed by atoms with Gasteiger partial charge in [0.05, 0.1) is 0 Å². The molecule has 0 bridgehead atoms. The summed E-state index contributed by atoms with van der Waals surface area (Å²) >= 11 is 0. The van der Waals surface area contributed by atoms with Gasteiger partial charge >= 0.3 is 7.75 Å². The van der Waals surface area contributed by atoms with Crippen molar-refractivity contribution >= 4 is 13.7 Å². The summed E-state index contributed by atoms with van der Waals surface area (Å²) in [5, 5.41) is 0. The number of hydrogen-bond donors (Lipinski definition) is 0. The maximum absolute atomic E-state index is 12.1. The summed E-state index contributed by atoms with van der Waals surface area (Å²) in [6, 6.07) is 0. The van der Waals surface area contributed by atoms with Crippen molar-refractivity contribution in [2.75, 3.05) is 28.2 Å². The average molecular weight is 247 g/mol. The van der Waals surface area contributed by atoms with Crippen LogP contribution in [0, 0.1) is 0 Å². The SMILES string of the molecule is CC1=C(C)OP(=O)(N=C(N(C)C)N(C)C)O1. The van der Waals surface area contributed by atoms with Crippen molar-refractivity contribution in [2.45, 2.75) is 13.8 Å². The van der Waals surface area contributed by atoms with Crippen LogP contribution in [0.25, 0.3) is 0 Å². The molecule has 6 nitrogen and oxygen atoms in total. The first kappa shape index (κ1) is 12.9. The third kappa shape index (κ3) is 2.70. The van der Waals surface area contributed by atoms with Crippen molar-refractivity contribution in [3.05, 3.63) is 11.5 Å². The maximum atomic E-state index is 12.1. The Morgan fingerprint density at radius 2 is 1.44 bits per heavy atom. The second kappa shape index (κ2) is 4.37. The predicted molar refractivity (Wildman–Crippen MR) is 63.0 cm³/mol. The Hall–Kier alpha value is -1.16. The zero-order valence-corrected chi connectivity index (χ0v) is 11.4. The Bertz CT molecular complexity index is 359. The number of allylic oxidation sites excluding steroid dienone is 2. The number of nitrogens with zero attached hydrogens (tertiary/aromatic N) is 3. The third-order valence-corrected chi connectivity index (χ3v) is 3.45. The lowest BCUT2D eigenvalue weighted by atomic mass is 10.5. The number of hydrogen-bond acceptors (Lipinski definition) is 3. The minimum absolute atomic E-state index is 0.518. The zero-order valence-electron chi connectivity index (χ0n) is 10.5. The van der Waals surface area contributed by atoms with Gasteiger partial charge in [0.15, 0.2) is 0 Å². The molecule has 0 N–H and O–H groups in total. The molecule has 1 aliphatic heterocycles. The maximum Gasteiger partial charge on any atom is 0.566 e. The Labute approximate surface area is 96.1 Å². The van der Waals surface area contributed by atoms with Gasteiger partial charge < -0.3 is 18.8 Å². The molecule has 92 valence electrons. The van der Waals surface area contributed by atoms with Crippen LogP contribution in [0.4, 0.5) is 0 Å². The molecule has 1 aliphatic rings. The zero-order chi connectivity index (χ0) is 12.5. The molecule has 0 amide bonds. The van der Waals surface area contributed by atoms with Crippen LogP contribution in [0.15, 0.2) is 16.3 Å². The van der Waals surface area contributed by atoms with E-state index in [4.69, 9.17) is 9.05 Å². The van der Waals surface area contributed by atoms with Gasteiger partial charge in [-0.3, -0.25) is 0 Å². The quantitative estimate of drug-likeness (QED) is 0.402. The Kier molecular flexibility index (Phi) is 3.53. The van der Waals surface area contributed by atoms with Crippen LogP contribution < -0.4 is 0 Å². The first-order chi connectivity index (χ1) is 7.25. The smallest absolute Gasteiger partial charge is 0.400 e. The van der Waals surface area contributed by atoms with Crippen LogP contribution in [0.3, 0.4) is 0 Å². The standard InChI is InChI=1S/C9H18N3O3P/c1-7-8(2)15-16(13,14-7)10-9(11(3)4)12(5)6/h1-6H3. The van der Waals surface area contributed by atoms with Crippen LogP contribution in [0.2, 0.25) is 0 Å². The molecule has 16 heavy (non-hydrogen) atoms. The van der Waals surface area contributed by atoms with E-state index >= 15 is 0 Å². The second-order valence-electron chi connectivity index (χ2n) is 3.95. The van der Waals surface area contributed by atoms with Gasteiger partial charge in [0, 0.05) is 28.2 Å². The van der Waals surface area contributed by atoms with Crippen LogP contribution >= 0.6 is 7.75 Å². The Morgan fingerprint density at radius 1 is 1.06 bits per heavy atom. The molecule has 0 aromatic carbocycles. The highest BCUT2D eigenvalue weighted by Gasteiger charge is 2.36. The summed E-state index contributed by atoms with van der Waals surface area (Å²) in [4.78, 5) is 3.49. The van der Waals surface area contributed by atoms with Gasteiger partial charge in [-0.15, -0.1) is 4.76 Å². The van der Waals surface area contributed by atoms with Gasteiger partial charge in [0.1, 0.15) is 11.5 Å². The predicted octanol–water partition coefficient (Wildman–Crippen LogP) is 1.87. The molecule has 1 rings (SSSR count). The van der Waals surface area contributed by atoms with Crippen LogP contribution in [0.1, 0.15) is 13.8 Å². The van der Waals surface area contributed by atoms with E-state index in [-0.39, 0.29) is 0 Å². The molecule has 0 saturated heterocycles. The van der Waals surface area contributed by atoms with E-state index in [1.165, 1.54) is 0 Å². The van der Waals surface area contributed by atoms with E-state index in [9.17, 15) is 4.57 Å². The van der Waals surface area contributed by atoms with Crippen molar-refractivity contribution in [1.82, 2.24) is 9.80 Å². The molecule has 0 atom stereocenters. The number of guanidine groups is 1. The van der Waals surface area contributed by atoms with E-state index in [0.29, 0.717) is 17.5 Å². The van der Waals surface area contributed by atoms with Gasteiger partial charge in [-0.1, -0.05) is 0 Å². The van der Waals surface area contributed by atoms with Gasteiger partial charge in [-0.25, -0.2) is 4.57 Å². The summed E-state index contributed by atoms with van der Waals surface area (Å²) in [6.07, 6.45) is 0. The summed E-state index contributed by atoms with van der Waals surface area (Å²) in [5.74, 6) is 1.57. The minimum atomic E-state index is -3.42. The van der Waals surface area contributed by atoms with E-state index < -0.39 is 7.75 Å². The fraction of sp³-hybridized carbons (Fsp3) is 0.667. The molecular formula is C9H18N3O3P. The summed E-state index contributed by atoms with van der Waals surface area (Å²) in [6.45, 7) is 3.41. The van der Waals surface area contributed by atoms with Gasteiger partial charge in [-0.05, 0) is 13.8 Å². The largest absolute Gasteiger partial charge is 0.566 e. The van der Waals surface area contributed by atoms with Gasteiger partial charge in [0.2, 0.25) is 5.96 Å². The highest BCUT2D eigenvalue weighted by molar-refractivity contribution is 7.53. The van der Waals surface area contributed by atoms with Gasteiger partial charge in [-0.2, -0.15) is 0 Å². The number of rotatable bonds is 1. The molecule has 0 fully saturated rings. The van der Waals surface area contributed by atoms with Crippen molar-refractivity contribution < 1.29 is 13.6 Å². The highest BCUT2D eigenvalue weighted by atomic mass is 31.2. The molecule has 0 aliphatic carbocycles. The van der Waals surface area contributed by atoms with Crippen LogP contribution in [-0.4, -0.2) is 44.0 Å². The third-order valence-electron chi connectivity index (χ3n) is 2.01. The highest BCUT2D eigenvalue weighted by Crippen LogP contribution is 2.58. The summed E-state index contributed by atoms with van der Waals surface area (Å²) in [5.41, 5.74) is 0. The first-order valence-electron chi connectivity index (χ1n) is 4.87. The monoisotopic (exact) mass is 247 g/mol. The van der Waals surface area contributed by atoms with Crippen molar-refractivity contribution in [1.29, 1.82) is 0 Å². The van der Waals surface area contributed by atoms with Crippen molar-refractivity contribution in [3.8, 4) is 0 Å². The van der Waals surface area contributed by atoms with Crippen LogP contribution in [0.5, 0.6) is 0 Å². The second-order valence-corrected chi connectivity index (χ2v) is 5.45. The molecule has 0 aromatic rings. The lowest BCUT2D eigenvalue weighted by molar-refractivity contribution is 0.351. The molecule has 0 saturated carbocycles. The van der Waals surface area contributed by atoms with E-state index in [1.54, 1.807) is 23.6 Å². The lowest BCUT2D eigenvalue weighted by Gasteiger charge is -2.23. The molecule has 0 radical (unpaired) electrons. The van der Waals surface area contributed by atoms with Crippen LogP contribution in [-0.2, 0) is 13.6 Å². The molecule has 0 spiro atoms. The molecular weight excluding hydrogens is 229 g/mol. The lowest BCUT2D eigenvalue weighted by Crippen LogP contribution is -2.35. The molecule has 1 heterocycles. The topological polar surface area (TPSA) is 54.4 Å². The van der Waals surface area contributed by atoms with E-state index in [2.05, 4.69) is 4.76 Å². The Morgan fingerprint density at radius 3 is 1.75 bits per heavy atom. The fourth-order valence-electron chi connectivity index (χ4n) is 1.22. The van der Waals surface area contributed by atoms with Gasteiger partial charge in [0.25, 0.3) is 0 Å². The first-order valence-corrected chi connectivity index (χ1v) is 6.36. The summed E-state index contributed by atoms with van der Waals surface area (Å²) in [7, 11) is 3.84. The molecule has 0 aromatic heterocycles. The fourth-order valence-corrected chi connectivity index (χ4v) is 2.87. The average Bonchev–Trinajstić information content (AvgIpc) is 2.37. The summed E-state index contributed by atoms with van der Waals surface area (Å²) < 4.78 is 26.5. The Balaban J connectivity index is 2.96. The molecule has 0 unspecified atom stereocenters. The van der Waals surface area contributed by atoms with Crippen molar-refractivity contribution in [3.63, 3.8) is 0 Å². The van der Waals surface area contributed by atoms with E-state index in [1.807, 2.05) is 28.2 Å².